The topological polar surface area (TPSA) is 91.7 Å². The van der Waals surface area contributed by atoms with Crippen molar-refractivity contribution in [3.05, 3.63) is 30.2 Å². The number of hydrogen-bond donors (Lipinski definition) is 1. The van der Waals surface area contributed by atoms with Gasteiger partial charge in [-0.1, -0.05) is 0 Å². The molecular weight excluding hydrogens is 334 g/mol. The number of aryl methyl sites for hydroxylation is 2. The molecule has 8 nitrogen and oxygen atoms in total. The SMILES string of the molecule is COCCOc1cc(NS(=O)(=O)c2cn(C)c(C)n2)ccc1OC. The van der Waals surface area contributed by atoms with E-state index in [1.807, 2.05) is 0 Å². The summed E-state index contributed by atoms with van der Waals surface area (Å²) in [7, 11) is 1.04. The van der Waals surface area contributed by atoms with E-state index in [1.165, 1.54) is 13.3 Å². The molecule has 0 saturated heterocycles. The molecule has 0 unspecified atom stereocenters. The molecule has 0 fully saturated rings. The van der Waals surface area contributed by atoms with Crippen molar-refractivity contribution in [3.8, 4) is 11.5 Å². The minimum Gasteiger partial charge on any atom is -0.493 e. The summed E-state index contributed by atoms with van der Waals surface area (Å²) in [6.07, 6.45) is 1.46. The molecule has 0 saturated carbocycles. The van der Waals surface area contributed by atoms with Crippen molar-refractivity contribution in [2.45, 2.75) is 11.9 Å². The summed E-state index contributed by atoms with van der Waals surface area (Å²) in [4.78, 5) is 4.03. The largest absolute Gasteiger partial charge is 0.493 e. The maximum absolute atomic E-state index is 12.4. The van der Waals surface area contributed by atoms with Gasteiger partial charge in [-0.15, -0.1) is 0 Å². The van der Waals surface area contributed by atoms with Crippen LogP contribution in [0.1, 0.15) is 5.82 Å². The molecule has 0 amide bonds. The Bertz CT molecular complexity index is 782. The average molecular weight is 355 g/mol. The van der Waals surface area contributed by atoms with Crippen molar-refractivity contribution in [1.82, 2.24) is 9.55 Å². The lowest BCUT2D eigenvalue weighted by molar-refractivity contribution is 0.144. The first-order valence-electron chi connectivity index (χ1n) is 7.20. The van der Waals surface area contributed by atoms with Crippen LogP contribution >= 0.6 is 0 Å². The fourth-order valence-electron chi connectivity index (χ4n) is 1.95. The second-order valence-corrected chi connectivity index (χ2v) is 6.68. The number of hydrogen-bond acceptors (Lipinski definition) is 6. The summed E-state index contributed by atoms with van der Waals surface area (Å²) < 4.78 is 44.6. The maximum atomic E-state index is 12.4. The molecule has 0 aliphatic carbocycles. The number of benzene rings is 1. The van der Waals surface area contributed by atoms with Crippen molar-refractivity contribution in [3.63, 3.8) is 0 Å². The normalized spacial score (nSPS) is 11.3. The van der Waals surface area contributed by atoms with Gasteiger partial charge >= 0.3 is 0 Å². The molecule has 24 heavy (non-hydrogen) atoms. The van der Waals surface area contributed by atoms with Gasteiger partial charge in [-0.3, -0.25) is 4.72 Å². The van der Waals surface area contributed by atoms with Gasteiger partial charge in [-0.25, -0.2) is 4.98 Å². The highest BCUT2D eigenvalue weighted by atomic mass is 32.2. The van der Waals surface area contributed by atoms with Crippen LogP contribution in [0, 0.1) is 6.92 Å². The molecule has 0 aliphatic heterocycles. The predicted octanol–water partition coefficient (Wildman–Crippen LogP) is 1.56. The first-order chi connectivity index (χ1) is 11.4. The van der Waals surface area contributed by atoms with Gasteiger partial charge in [0, 0.05) is 26.4 Å². The van der Waals surface area contributed by atoms with E-state index in [0.29, 0.717) is 36.2 Å². The summed E-state index contributed by atoms with van der Waals surface area (Å²) in [5.41, 5.74) is 0.353. The zero-order valence-electron chi connectivity index (χ0n) is 14.1. The smallest absolute Gasteiger partial charge is 0.280 e. The fraction of sp³-hybridized carbons (Fsp3) is 0.400. The Morgan fingerprint density at radius 1 is 1.21 bits per heavy atom. The van der Waals surface area contributed by atoms with E-state index < -0.39 is 10.0 Å². The van der Waals surface area contributed by atoms with Crippen molar-refractivity contribution in [1.29, 1.82) is 0 Å². The third-order valence-corrected chi connectivity index (χ3v) is 4.57. The average Bonchev–Trinajstić information content (AvgIpc) is 2.88. The van der Waals surface area contributed by atoms with E-state index in [9.17, 15) is 8.42 Å². The lowest BCUT2D eigenvalue weighted by Gasteiger charge is -2.13. The van der Waals surface area contributed by atoms with Crippen LogP contribution in [0.5, 0.6) is 11.5 Å². The van der Waals surface area contributed by atoms with E-state index in [-0.39, 0.29) is 5.03 Å². The van der Waals surface area contributed by atoms with Crippen LogP contribution in [0.4, 0.5) is 5.69 Å². The molecule has 0 spiro atoms. The van der Waals surface area contributed by atoms with Crippen LogP contribution in [-0.4, -0.2) is 45.4 Å². The third-order valence-electron chi connectivity index (χ3n) is 3.32. The number of aromatic nitrogens is 2. The number of sulfonamides is 1. The van der Waals surface area contributed by atoms with Crippen molar-refractivity contribution >= 4 is 15.7 Å². The lowest BCUT2D eigenvalue weighted by Crippen LogP contribution is -2.14. The zero-order chi connectivity index (χ0) is 17.7. The van der Waals surface area contributed by atoms with E-state index in [1.54, 1.807) is 43.8 Å². The molecule has 1 aromatic carbocycles. The third kappa shape index (κ3) is 4.18. The number of nitrogens with one attached hydrogen (secondary N) is 1. The molecule has 1 N–H and O–H groups in total. The Kier molecular flexibility index (Phi) is 5.68. The quantitative estimate of drug-likeness (QED) is 0.723. The second-order valence-electron chi connectivity index (χ2n) is 5.05. The Hall–Kier alpha value is -2.26. The monoisotopic (exact) mass is 355 g/mol. The van der Waals surface area contributed by atoms with Gasteiger partial charge in [0.25, 0.3) is 10.0 Å². The van der Waals surface area contributed by atoms with Crippen LogP contribution < -0.4 is 14.2 Å². The minimum absolute atomic E-state index is 0.0415. The van der Waals surface area contributed by atoms with E-state index in [0.717, 1.165) is 0 Å². The molecular formula is C15H21N3O5S. The standard InChI is InChI=1S/C15H21N3O5S/c1-11-16-15(10-18(11)2)24(19,20)17-12-5-6-13(22-4)14(9-12)23-8-7-21-3/h5-6,9-10,17H,7-8H2,1-4H3. The lowest BCUT2D eigenvalue weighted by atomic mass is 10.3. The van der Waals surface area contributed by atoms with E-state index in [2.05, 4.69) is 9.71 Å². The Morgan fingerprint density at radius 2 is 1.96 bits per heavy atom. The number of nitrogens with zero attached hydrogens (tertiary/aromatic N) is 2. The van der Waals surface area contributed by atoms with Crippen LogP contribution in [0.25, 0.3) is 0 Å². The maximum Gasteiger partial charge on any atom is 0.280 e. The van der Waals surface area contributed by atoms with Crippen molar-refractivity contribution in [2.24, 2.45) is 7.05 Å². The molecule has 132 valence electrons. The van der Waals surface area contributed by atoms with Gasteiger partial charge < -0.3 is 18.8 Å². The zero-order valence-corrected chi connectivity index (χ0v) is 14.9. The second kappa shape index (κ2) is 7.54. The summed E-state index contributed by atoms with van der Waals surface area (Å²) >= 11 is 0. The Balaban J connectivity index is 2.23. The molecule has 2 aromatic rings. The van der Waals surface area contributed by atoms with Crippen molar-refractivity contribution in [2.75, 3.05) is 32.2 Å². The molecule has 0 atom stereocenters. The minimum atomic E-state index is -3.78. The fourth-order valence-corrected chi connectivity index (χ4v) is 3.04. The summed E-state index contributed by atoms with van der Waals surface area (Å²) in [5.74, 6) is 1.53. The predicted molar refractivity (Wildman–Crippen MR) is 89.1 cm³/mol. The van der Waals surface area contributed by atoms with E-state index >= 15 is 0 Å². The van der Waals surface area contributed by atoms with Crippen LogP contribution in [0.3, 0.4) is 0 Å². The highest BCUT2D eigenvalue weighted by molar-refractivity contribution is 7.92. The summed E-state index contributed by atoms with van der Waals surface area (Å²) in [5, 5.41) is -0.0415. The van der Waals surface area contributed by atoms with Crippen LogP contribution in [0.2, 0.25) is 0 Å². The first-order valence-corrected chi connectivity index (χ1v) is 8.68. The summed E-state index contributed by atoms with van der Waals surface area (Å²) in [6.45, 7) is 2.46. The highest BCUT2D eigenvalue weighted by Crippen LogP contribution is 2.31. The van der Waals surface area contributed by atoms with Gasteiger partial charge in [0.1, 0.15) is 12.4 Å². The molecule has 1 heterocycles. The number of rotatable bonds is 8. The molecule has 1 aromatic heterocycles. The Labute approximate surface area is 141 Å². The van der Waals surface area contributed by atoms with E-state index in [4.69, 9.17) is 14.2 Å². The highest BCUT2D eigenvalue weighted by Gasteiger charge is 2.19. The van der Waals surface area contributed by atoms with Gasteiger partial charge in [-0.2, -0.15) is 8.42 Å². The first kappa shape index (κ1) is 18.1. The number of methoxy groups -OCH3 is 2. The summed E-state index contributed by atoms with van der Waals surface area (Å²) in [6, 6.07) is 4.78. The molecule has 0 radical (unpaired) electrons. The van der Waals surface area contributed by atoms with Crippen molar-refractivity contribution < 1.29 is 22.6 Å². The Morgan fingerprint density at radius 3 is 2.54 bits per heavy atom. The van der Waals surface area contributed by atoms with Gasteiger partial charge in [-0.05, 0) is 19.1 Å². The van der Waals surface area contributed by atoms with Gasteiger partial charge in [0.05, 0.1) is 19.4 Å². The number of imidazole rings is 1. The van der Waals surface area contributed by atoms with Crippen LogP contribution in [-0.2, 0) is 21.8 Å². The van der Waals surface area contributed by atoms with Gasteiger partial charge in [0.2, 0.25) is 0 Å². The molecule has 0 aliphatic rings. The molecule has 9 heteroatoms. The number of anilines is 1. The number of ether oxygens (including phenoxy) is 3. The van der Waals surface area contributed by atoms with Gasteiger partial charge in [0.15, 0.2) is 16.5 Å². The van der Waals surface area contributed by atoms with Crippen LogP contribution in [0.15, 0.2) is 29.4 Å². The molecule has 0 bridgehead atoms. The molecule has 2 rings (SSSR count).